The molecule has 5 heteroatoms. The Bertz CT molecular complexity index is 530. The maximum Gasteiger partial charge on any atom is 0.317 e. The van der Waals surface area contributed by atoms with E-state index in [2.05, 4.69) is 20.8 Å². The van der Waals surface area contributed by atoms with Crippen LogP contribution in [0.15, 0.2) is 0 Å². The first-order valence-corrected chi connectivity index (χ1v) is 12.9. The van der Waals surface area contributed by atoms with Crippen LogP contribution in [-0.2, 0) is 23.9 Å². The van der Waals surface area contributed by atoms with Gasteiger partial charge in [0.05, 0.1) is 18.3 Å². The largest absolute Gasteiger partial charge is 0.462 e. The van der Waals surface area contributed by atoms with Crippen molar-refractivity contribution in [2.24, 2.45) is 17.8 Å². The molecule has 0 aromatic heterocycles. The molecule has 0 aromatic rings. The topological polar surface area (TPSA) is 69.7 Å². The first-order valence-electron chi connectivity index (χ1n) is 12.9. The maximum absolute atomic E-state index is 12.9. The van der Waals surface area contributed by atoms with Crippen LogP contribution >= 0.6 is 0 Å². The van der Waals surface area contributed by atoms with Crippen LogP contribution < -0.4 is 0 Å². The highest BCUT2D eigenvalue weighted by Gasteiger charge is 2.38. The van der Waals surface area contributed by atoms with E-state index in [4.69, 9.17) is 9.47 Å². The van der Waals surface area contributed by atoms with Crippen molar-refractivity contribution < 1.29 is 23.9 Å². The maximum atomic E-state index is 12.9. The Morgan fingerprint density at radius 2 is 1.58 bits per heavy atom. The molecule has 0 spiro atoms. The summed E-state index contributed by atoms with van der Waals surface area (Å²) in [4.78, 5) is 36.2. The summed E-state index contributed by atoms with van der Waals surface area (Å²) in [5.41, 5.74) is 0. The summed E-state index contributed by atoms with van der Waals surface area (Å²) in [6.45, 7) is 8.52. The van der Waals surface area contributed by atoms with E-state index in [1.165, 1.54) is 25.7 Å². The molecule has 1 aliphatic rings. The van der Waals surface area contributed by atoms with E-state index in [0.717, 1.165) is 64.2 Å². The number of unbranched alkanes of at least 4 members (excludes halogenated alkanes) is 4. The van der Waals surface area contributed by atoms with Crippen LogP contribution in [0.25, 0.3) is 0 Å². The third-order valence-electron chi connectivity index (χ3n) is 6.62. The molecule has 5 nitrogen and oxygen atoms in total. The van der Waals surface area contributed by atoms with Crippen molar-refractivity contribution in [1.29, 1.82) is 0 Å². The average molecular weight is 439 g/mol. The summed E-state index contributed by atoms with van der Waals surface area (Å²) in [6.07, 6.45) is 14.4. The van der Waals surface area contributed by atoms with Crippen molar-refractivity contribution in [2.75, 3.05) is 0 Å². The van der Waals surface area contributed by atoms with Crippen molar-refractivity contribution in [1.82, 2.24) is 0 Å². The number of carbonyl (C=O) groups is 3. The summed E-state index contributed by atoms with van der Waals surface area (Å²) >= 11 is 0. The van der Waals surface area contributed by atoms with Crippen molar-refractivity contribution >= 4 is 17.9 Å². The predicted octanol–water partition coefficient (Wildman–Crippen LogP) is 6.76. The van der Waals surface area contributed by atoms with Crippen LogP contribution in [0.2, 0.25) is 0 Å². The van der Waals surface area contributed by atoms with Gasteiger partial charge in [0.15, 0.2) is 0 Å². The van der Waals surface area contributed by atoms with Gasteiger partial charge in [-0.25, -0.2) is 0 Å². The van der Waals surface area contributed by atoms with Crippen LogP contribution in [0.5, 0.6) is 0 Å². The Morgan fingerprint density at radius 3 is 2.16 bits per heavy atom. The van der Waals surface area contributed by atoms with Gasteiger partial charge >= 0.3 is 17.9 Å². The Hall–Kier alpha value is -1.39. The molecule has 1 rings (SSSR count). The van der Waals surface area contributed by atoms with Gasteiger partial charge in [0.1, 0.15) is 6.10 Å². The lowest BCUT2D eigenvalue weighted by Crippen LogP contribution is -2.25. The van der Waals surface area contributed by atoms with Gasteiger partial charge < -0.3 is 9.47 Å². The van der Waals surface area contributed by atoms with E-state index in [-0.39, 0.29) is 42.2 Å². The van der Waals surface area contributed by atoms with Gasteiger partial charge in [-0.05, 0) is 44.4 Å². The smallest absolute Gasteiger partial charge is 0.317 e. The van der Waals surface area contributed by atoms with E-state index >= 15 is 0 Å². The van der Waals surface area contributed by atoms with Crippen LogP contribution in [-0.4, -0.2) is 24.0 Å². The molecule has 0 N–H and O–H groups in total. The zero-order valence-electron chi connectivity index (χ0n) is 20.5. The molecule has 0 aromatic carbocycles. The number of hydrogen-bond acceptors (Lipinski definition) is 5. The molecule has 1 heterocycles. The molecule has 4 atom stereocenters. The van der Waals surface area contributed by atoms with Crippen LogP contribution in [0.1, 0.15) is 124 Å². The van der Waals surface area contributed by atoms with Crippen molar-refractivity contribution in [3.05, 3.63) is 0 Å². The lowest BCUT2D eigenvalue weighted by Gasteiger charge is -2.23. The molecule has 1 aliphatic heterocycles. The fourth-order valence-corrected chi connectivity index (χ4v) is 4.72. The van der Waals surface area contributed by atoms with E-state index in [9.17, 15) is 14.4 Å². The van der Waals surface area contributed by atoms with Gasteiger partial charge in [0.2, 0.25) is 0 Å². The number of cyclic esters (lactones) is 2. The fourth-order valence-electron chi connectivity index (χ4n) is 4.72. The van der Waals surface area contributed by atoms with Gasteiger partial charge in [0, 0.05) is 0 Å². The zero-order valence-corrected chi connectivity index (χ0v) is 20.5. The second-order valence-electron chi connectivity index (χ2n) is 9.24. The van der Waals surface area contributed by atoms with E-state index < -0.39 is 5.97 Å². The van der Waals surface area contributed by atoms with Gasteiger partial charge in [-0.3, -0.25) is 14.4 Å². The summed E-state index contributed by atoms with van der Waals surface area (Å²) in [5.74, 6) is -1.05. The van der Waals surface area contributed by atoms with E-state index in [1.807, 2.05) is 6.92 Å². The Labute approximate surface area is 190 Å². The molecule has 31 heavy (non-hydrogen) atoms. The first-order chi connectivity index (χ1) is 15.0. The standard InChI is InChI=1S/C26H46O5/c1-5-9-10-11-12-18-22(15-7-3)30-25(28)21(14-6-2)17-13-16-20(8-4)23-19-24(27)31-26(23)29/h20-23H,5-19H2,1-4H3. The summed E-state index contributed by atoms with van der Waals surface area (Å²) < 4.78 is 10.7. The summed E-state index contributed by atoms with van der Waals surface area (Å²) in [5, 5.41) is 0. The molecule has 4 unspecified atom stereocenters. The van der Waals surface area contributed by atoms with Gasteiger partial charge in [-0.2, -0.15) is 0 Å². The molecule has 180 valence electrons. The quantitative estimate of drug-likeness (QED) is 0.134. The Morgan fingerprint density at radius 1 is 0.871 bits per heavy atom. The third kappa shape index (κ3) is 10.7. The molecule has 0 saturated carbocycles. The molecule has 0 radical (unpaired) electrons. The van der Waals surface area contributed by atoms with Crippen molar-refractivity contribution in [2.45, 2.75) is 130 Å². The van der Waals surface area contributed by atoms with Crippen LogP contribution in [0.3, 0.4) is 0 Å². The Kier molecular flexibility index (Phi) is 14.5. The minimum atomic E-state index is -0.405. The monoisotopic (exact) mass is 438 g/mol. The fraction of sp³-hybridized carbons (Fsp3) is 0.885. The molecule has 0 aliphatic carbocycles. The third-order valence-corrected chi connectivity index (χ3v) is 6.62. The van der Waals surface area contributed by atoms with E-state index in [1.54, 1.807) is 0 Å². The number of ether oxygens (including phenoxy) is 2. The van der Waals surface area contributed by atoms with Gasteiger partial charge in [-0.1, -0.05) is 79.1 Å². The number of carbonyl (C=O) groups excluding carboxylic acids is 3. The molecule has 1 fully saturated rings. The number of esters is 3. The molecular weight excluding hydrogens is 392 g/mol. The Balaban J connectivity index is 2.50. The number of hydrogen-bond donors (Lipinski definition) is 0. The van der Waals surface area contributed by atoms with Gasteiger partial charge in [-0.15, -0.1) is 0 Å². The van der Waals surface area contributed by atoms with E-state index in [0.29, 0.717) is 0 Å². The summed E-state index contributed by atoms with van der Waals surface area (Å²) in [6, 6.07) is 0. The molecular formula is C26H46O5. The normalized spacial score (nSPS) is 19.2. The van der Waals surface area contributed by atoms with Gasteiger partial charge in [0.25, 0.3) is 0 Å². The minimum Gasteiger partial charge on any atom is -0.462 e. The second-order valence-corrected chi connectivity index (χ2v) is 9.24. The molecule has 0 amide bonds. The second kappa shape index (κ2) is 16.3. The first kappa shape index (κ1) is 27.6. The zero-order chi connectivity index (χ0) is 23.1. The van der Waals surface area contributed by atoms with Crippen molar-refractivity contribution in [3.8, 4) is 0 Å². The average Bonchev–Trinajstić information content (AvgIpc) is 3.08. The highest BCUT2D eigenvalue weighted by atomic mass is 16.6. The minimum absolute atomic E-state index is 0.0427. The summed E-state index contributed by atoms with van der Waals surface area (Å²) in [7, 11) is 0. The highest BCUT2D eigenvalue weighted by molar-refractivity contribution is 5.94. The SMILES string of the molecule is CCCCCCCC(CCC)OC(=O)C(CCC)CCCC(CC)C1CC(=O)OC1=O. The highest BCUT2D eigenvalue weighted by Crippen LogP contribution is 2.31. The van der Waals surface area contributed by atoms with Crippen LogP contribution in [0, 0.1) is 17.8 Å². The lowest BCUT2D eigenvalue weighted by atomic mass is 9.83. The van der Waals surface area contributed by atoms with Crippen molar-refractivity contribution in [3.63, 3.8) is 0 Å². The molecule has 1 saturated heterocycles. The predicted molar refractivity (Wildman–Crippen MR) is 123 cm³/mol. The number of rotatable bonds is 18. The molecule has 0 bridgehead atoms. The van der Waals surface area contributed by atoms with Crippen LogP contribution in [0.4, 0.5) is 0 Å². The lowest BCUT2D eigenvalue weighted by molar-refractivity contribution is -0.156.